The van der Waals surface area contributed by atoms with Crippen LogP contribution < -0.4 is 10.6 Å². The smallest absolute Gasteiger partial charge is 0.325 e. The van der Waals surface area contributed by atoms with Crippen molar-refractivity contribution in [1.29, 1.82) is 0 Å². The Kier molecular flexibility index (Phi) is 3.82. The minimum Gasteiger partial charge on any atom is -0.480 e. The van der Waals surface area contributed by atoms with E-state index in [2.05, 4.69) is 19.4 Å². The molecule has 1 atom stereocenters. The summed E-state index contributed by atoms with van der Waals surface area (Å²) in [4.78, 5) is 22.3. The van der Waals surface area contributed by atoms with Crippen LogP contribution in [0.5, 0.6) is 0 Å². The molecule has 0 radical (unpaired) electrons. The number of anilines is 1. The Balaban J connectivity index is 2.21. The lowest BCUT2D eigenvalue weighted by molar-refractivity contribution is -0.138. The number of hydrogen-bond donors (Lipinski definition) is 3. The number of aliphatic carboxylic acids is 1. The third-order valence-corrected chi connectivity index (χ3v) is 3.19. The van der Waals surface area contributed by atoms with Crippen molar-refractivity contribution in [3.63, 3.8) is 0 Å². The molecule has 19 heavy (non-hydrogen) atoms. The van der Waals surface area contributed by atoms with Crippen molar-refractivity contribution in [3.05, 3.63) is 17.2 Å². The number of nitrogens with zero attached hydrogens (tertiary/aromatic N) is 2. The van der Waals surface area contributed by atoms with Crippen LogP contribution >= 0.6 is 23.3 Å². The Labute approximate surface area is 116 Å². The van der Waals surface area contributed by atoms with Gasteiger partial charge in [0.05, 0.1) is 22.4 Å². The summed E-state index contributed by atoms with van der Waals surface area (Å²) in [5.41, 5.74) is 1.38. The van der Waals surface area contributed by atoms with Gasteiger partial charge in [-0.25, -0.2) is 4.79 Å². The predicted molar refractivity (Wildman–Crippen MR) is 71.7 cm³/mol. The Bertz CT molecular complexity index is 645. The molecule has 7 nitrogen and oxygen atoms in total. The first-order valence-corrected chi connectivity index (χ1v) is 6.31. The molecule has 2 aromatic rings. The van der Waals surface area contributed by atoms with Crippen molar-refractivity contribution in [2.45, 2.75) is 13.0 Å². The summed E-state index contributed by atoms with van der Waals surface area (Å²) in [7, 11) is 0. The molecule has 100 valence electrons. The molecule has 0 unspecified atom stereocenters. The summed E-state index contributed by atoms with van der Waals surface area (Å²) in [6.45, 7) is 1.36. The van der Waals surface area contributed by atoms with Gasteiger partial charge in [-0.05, 0) is 19.1 Å². The van der Waals surface area contributed by atoms with Crippen LogP contribution in [0.2, 0.25) is 5.02 Å². The molecular formula is C10H9ClN4O3S. The summed E-state index contributed by atoms with van der Waals surface area (Å²) < 4.78 is 8.06. The van der Waals surface area contributed by atoms with Crippen LogP contribution in [0, 0.1) is 0 Å². The fourth-order valence-electron chi connectivity index (χ4n) is 1.35. The van der Waals surface area contributed by atoms with Gasteiger partial charge < -0.3 is 15.7 Å². The highest BCUT2D eigenvalue weighted by molar-refractivity contribution is 7.00. The summed E-state index contributed by atoms with van der Waals surface area (Å²) in [5, 5.41) is 13.7. The molecule has 0 aliphatic rings. The molecule has 1 heterocycles. The first-order chi connectivity index (χ1) is 8.99. The van der Waals surface area contributed by atoms with Gasteiger partial charge in [0.2, 0.25) is 0 Å². The van der Waals surface area contributed by atoms with E-state index < -0.39 is 18.0 Å². The zero-order valence-electron chi connectivity index (χ0n) is 9.68. The third kappa shape index (κ3) is 2.91. The average molecular weight is 301 g/mol. The molecule has 0 saturated heterocycles. The SMILES string of the molecule is C[C@H](NC(=O)Nc1c(Cl)ccc2nsnc12)C(=O)O. The van der Waals surface area contributed by atoms with Gasteiger partial charge in [0.1, 0.15) is 17.1 Å². The van der Waals surface area contributed by atoms with E-state index in [0.29, 0.717) is 21.7 Å². The van der Waals surface area contributed by atoms with E-state index >= 15 is 0 Å². The number of halogens is 1. The Morgan fingerprint density at radius 3 is 2.84 bits per heavy atom. The summed E-state index contributed by atoms with van der Waals surface area (Å²) >= 11 is 6.98. The number of aromatic nitrogens is 2. The average Bonchev–Trinajstić information content (AvgIpc) is 2.81. The standard InChI is InChI=1S/C10H9ClN4O3S/c1-4(9(16)17)12-10(18)13-7-5(11)2-3-6-8(7)15-19-14-6/h2-4H,1H3,(H,16,17)(H2,12,13,18)/t4-/m0/s1. The van der Waals surface area contributed by atoms with Crippen molar-refractivity contribution in [2.24, 2.45) is 0 Å². The number of carbonyl (C=O) groups is 2. The number of benzene rings is 1. The number of carbonyl (C=O) groups excluding carboxylic acids is 1. The lowest BCUT2D eigenvalue weighted by atomic mass is 10.2. The Morgan fingerprint density at radius 1 is 1.42 bits per heavy atom. The molecule has 1 aromatic carbocycles. The fourth-order valence-corrected chi connectivity index (χ4v) is 2.10. The van der Waals surface area contributed by atoms with Crippen LogP contribution in [0.25, 0.3) is 11.0 Å². The van der Waals surface area contributed by atoms with Crippen LogP contribution in [-0.4, -0.2) is 31.9 Å². The van der Waals surface area contributed by atoms with Gasteiger partial charge in [-0.1, -0.05) is 11.6 Å². The maximum absolute atomic E-state index is 11.7. The number of carboxylic acid groups (broad SMARTS) is 1. The van der Waals surface area contributed by atoms with Gasteiger partial charge in [0.15, 0.2) is 0 Å². The zero-order chi connectivity index (χ0) is 14.0. The van der Waals surface area contributed by atoms with Crippen LogP contribution in [0.15, 0.2) is 12.1 Å². The first-order valence-electron chi connectivity index (χ1n) is 5.20. The van der Waals surface area contributed by atoms with Gasteiger partial charge in [0, 0.05) is 0 Å². The normalized spacial score (nSPS) is 12.1. The Morgan fingerprint density at radius 2 is 2.16 bits per heavy atom. The van der Waals surface area contributed by atoms with E-state index in [9.17, 15) is 9.59 Å². The van der Waals surface area contributed by atoms with Crippen molar-refractivity contribution in [3.8, 4) is 0 Å². The van der Waals surface area contributed by atoms with Crippen molar-refractivity contribution in [2.75, 3.05) is 5.32 Å². The minimum absolute atomic E-state index is 0.304. The van der Waals surface area contributed by atoms with Crippen molar-refractivity contribution >= 4 is 52.1 Å². The summed E-state index contributed by atoms with van der Waals surface area (Å²) in [6.07, 6.45) is 0. The molecule has 0 aliphatic heterocycles. The zero-order valence-corrected chi connectivity index (χ0v) is 11.2. The number of urea groups is 1. The number of nitrogens with one attached hydrogen (secondary N) is 2. The fraction of sp³-hybridized carbons (Fsp3) is 0.200. The van der Waals surface area contributed by atoms with Gasteiger partial charge in [-0.3, -0.25) is 4.79 Å². The summed E-state index contributed by atoms with van der Waals surface area (Å²) in [5.74, 6) is -1.13. The lowest BCUT2D eigenvalue weighted by Crippen LogP contribution is -2.40. The molecule has 2 amide bonds. The number of amides is 2. The molecule has 3 N–H and O–H groups in total. The lowest BCUT2D eigenvalue weighted by Gasteiger charge is -2.11. The molecule has 0 fully saturated rings. The highest BCUT2D eigenvalue weighted by Gasteiger charge is 2.17. The highest BCUT2D eigenvalue weighted by Crippen LogP contribution is 2.29. The van der Waals surface area contributed by atoms with Gasteiger partial charge in [-0.15, -0.1) is 0 Å². The topological polar surface area (TPSA) is 104 Å². The predicted octanol–water partition coefficient (Wildman–Crippen LogP) is 1.94. The largest absolute Gasteiger partial charge is 0.480 e. The summed E-state index contributed by atoms with van der Waals surface area (Å²) in [6, 6.07) is 1.59. The number of carboxylic acids is 1. The number of fused-ring (bicyclic) bond motifs is 1. The quantitative estimate of drug-likeness (QED) is 0.803. The van der Waals surface area contributed by atoms with E-state index in [1.54, 1.807) is 12.1 Å². The maximum Gasteiger partial charge on any atom is 0.325 e. The van der Waals surface area contributed by atoms with Gasteiger partial charge in [-0.2, -0.15) is 8.75 Å². The highest BCUT2D eigenvalue weighted by atomic mass is 35.5. The molecule has 0 spiro atoms. The first kappa shape index (κ1) is 13.5. The van der Waals surface area contributed by atoms with Crippen LogP contribution in [-0.2, 0) is 4.79 Å². The molecule has 9 heteroatoms. The van der Waals surface area contributed by atoms with Crippen LogP contribution in [0.1, 0.15) is 6.92 Å². The van der Waals surface area contributed by atoms with E-state index in [1.165, 1.54) is 6.92 Å². The van der Waals surface area contributed by atoms with Gasteiger partial charge >= 0.3 is 12.0 Å². The third-order valence-electron chi connectivity index (χ3n) is 2.33. The molecule has 0 saturated carbocycles. The second kappa shape index (κ2) is 5.37. The maximum atomic E-state index is 11.7. The second-order valence-corrected chi connectivity index (χ2v) is 4.65. The van der Waals surface area contributed by atoms with E-state index in [4.69, 9.17) is 16.7 Å². The number of hydrogen-bond acceptors (Lipinski definition) is 5. The minimum atomic E-state index is -1.13. The van der Waals surface area contributed by atoms with Crippen molar-refractivity contribution < 1.29 is 14.7 Å². The number of rotatable bonds is 3. The van der Waals surface area contributed by atoms with Gasteiger partial charge in [0.25, 0.3) is 0 Å². The van der Waals surface area contributed by atoms with E-state index in [-0.39, 0.29) is 0 Å². The molecular weight excluding hydrogens is 292 g/mol. The van der Waals surface area contributed by atoms with Crippen LogP contribution in [0.3, 0.4) is 0 Å². The second-order valence-electron chi connectivity index (χ2n) is 3.71. The van der Waals surface area contributed by atoms with Crippen molar-refractivity contribution in [1.82, 2.24) is 14.1 Å². The monoisotopic (exact) mass is 300 g/mol. The van der Waals surface area contributed by atoms with E-state index in [1.807, 2.05) is 0 Å². The Hall–Kier alpha value is -1.93. The molecule has 2 rings (SSSR count). The molecule has 1 aromatic heterocycles. The van der Waals surface area contributed by atoms with E-state index in [0.717, 1.165) is 11.7 Å². The molecule has 0 aliphatic carbocycles. The van der Waals surface area contributed by atoms with Crippen LogP contribution in [0.4, 0.5) is 10.5 Å². The molecule has 0 bridgehead atoms.